The number of hydrogen-bond acceptors (Lipinski definition) is 2. The molecule has 2 nitrogen and oxygen atoms in total. The Morgan fingerprint density at radius 3 is 2.37 bits per heavy atom. The summed E-state index contributed by atoms with van der Waals surface area (Å²) in [5.74, 6) is 4.04. The Hall–Kier alpha value is -0.890. The predicted molar refractivity (Wildman–Crippen MR) is 76.6 cm³/mol. The van der Waals surface area contributed by atoms with E-state index in [0.717, 1.165) is 29.7 Å². The van der Waals surface area contributed by atoms with Crippen LogP contribution in [0.5, 0.6) is 0 Å². The number of hydrogen-bond donors (Lipinski definition) is 1. The second-order valence-electron chi connectivity index (χ2n) is 7.13. The fourth-order valence-corrected chi connectivity index (χ4v) is 5.21. The second kappa shape index (κ2) is 4.59. The average Bonchev–Trinajstić information content (AvgIpc) is 2.43. The summed E-state index contributed by atoms with van der Waals surface area (Å²) in [6.45, 7) is 2.29. The van der Waals surface area contributed by atoms with Crippen LogP contribution in [-0.2, 0) is 0 Å². The molecule has 0 aliphatic heterocycles. The molecule has 0 unspecified atom stereocenters. The number of rotatable bonds is 3. The molecule has 0 radical (unpaired) electrons. The summed E-state index contributed by atoms with van der Waals surface area (Å²) < 4.78 is 0. The fraction of sp³-hybridized carbons (Fsp3) is 0.706. The molecule has 1 aromatic heterocycles. The molecule has 0 aromatic carbocycles. The summed E-state index contributed by atoms with van der Waals surface area (Å²) >= 11 is 0. The monoisotopic (exact) mass is 256 g/mol. The highest BCUT2D eigenvalue weighted by molar-refractivity contribution is 5.14. The van der Waals surface area contributed by atoms with Gasteiger partial charge in [-0.3, -0.25) is 4.98 Å². The van der Waals surface area contributed by atoms with E-state index in [1.807, 2.05) is 18.5 Å². The molecule has 0 saturated heterocycles. The molecule has 2 heteroatoms. The molecule has 0 spiro atoms. The minimum atomic E-state index is 0.441. The molecule has 5 rings (SSSR count). The smallest absolute Gasteiger partial charge is 0.0315 e. The lowest BCUT2D eigenvalue weighted by molar-refractivity contribution is -0.0171. The van der Waals surface area contributed by atoms with Crippen LogP contribution < -0.4 is 5.32 Å². The first-order valence-electron chi connectivity index (χ1n) is 7.95. The Balaban J connectivity index is 1.48. The third kappa shape index (κ3) is 2.10. The lowest BCUT2D eigenvalue weighted by Crippen LogP contribution is -2.54. The molecule has 1 atom stereocenters. The molecule has 4 fully saturated rings. The van der Waals surface area contributed by atoms with Crippen LogP contribution in [-0.4, -0.2) is 11.0 Å². The van der Waals surface area contributed by atoms with Crippen molar-refractivity contribution < 1.29 is 0 Å². The van der Waals surface area contributed by atoms with Gasteiger partial charge in [-0.1, -0.05) is 6.07 Å². The summed E-state index contributed by atoms with van der Waals surface area (Å²) in [7, 11) is 0. The molecule has 19 heavy (non-hydrogen) atoms. The van der Waals surface area contributed by atoms with E-state index in [2.05, 4.69) is 23.3 Å². The quantitative estimate of drug-likeness (QED) is 0.894. The van der Waals surface area contributed by atoms with E-state index in [-0.39, 0.29) is 0 Å². The largest absolute Gasteiger partial charge is 0.307 e. The number of pyridine rings is 1. The number of aromatic nitrogens is 1. The first kappa shape index (κ1) is 11.9. The van der Waals surface area contributed by atoms with Crippen molar-refractivity contribution in [2.45, 2.75) is 51.1 Å². The third-order valence-corrected chi connectivity index (χ3v) is 5.85. The van der Waals surface area contributed by atoms with Crippen molar-refractivity contribution in [3.05, 3.63) is 30.1 Å². The molecular formula is C17H24N2. The predicted octanol–water partition coefficient (Wildman–Crippen LogP) is 3.56. The van der Waals surface area contributed by atoms with Gasteiger partial charge in [0.15, 0.2) is 0 Å². The summed E-state index contributed by atoms with van der Waals surface area (Å²) in [5, 5.41) is 3.94. The Morgan fingerprint density at radius 1 is 1.11 bits per heavy atom. The van der Waals surface area contributed by atoms with E-state index in [0.29, 0.717) is 6.04 Å². The maximum absolute atomic E-state index is 4.25. The minimum Gasteiger partial charge on any atom is -0.307 e. The highest BCUT2D eigenvalue weighted by atomic mass is 15.0. The SMILES string of the molecule is C[C@@H](NC1C2CC3CC(C2)CC1C3)c1cccnc1. The van der Waals surface area contributed by atoms with Crippen molar-refractivity contribution in [1.82, 2.24) is 10.3 Å². The molecule has 4 aliphatic carbocycles. The van der Waals surface area contributed by atoms with Crippen molar-refractivity contribution in [1.29, 1.82) is 0 Å². The Bertz CT molecular complexity index is 414. The van der Waals surface area contributed by atoms with Crippen molar-refractivity contribution in [2.75, 3.05) is 0 Å². The zero-order valence-corrected chi connectivity index (χ0v) is 11.8. The summed E-state index contributed by atoms with van der Waals surface area (Å²) in [6.07, 6.45) is 11.4. The van der Waals surface area contributed by atoms with Crippen LogP contribution in [0.15, 0.2) is 24.5 Å². The van der Waals surface area contributed by atoms with Crippen molar-refractivity contribution in [2.24, 2.45) is 23.7 Å². The van der Waals surface area contributed by atoms with Gasteiger partial charge in [0, 0.05) is 24.5 Å². The molecular weight excluding hydrogens is 232 g/mol. The van der Waals surface area contributed by atoms with Crippen LogP contribution >= 0.6 is 0 Å². The first-order valence-corrected chi connectivity index (χ1v) is 7.95. The van der Waals surface area contributed by atoms with Gasteiger partial charge in [0.1, 0.15) is 0 Å². The van der Waals surface area contributed by atoms with Crippen molar-refractivity contribution >= 4 is 0 Å². The van der Waals surface area contributed by atoms with Crippen LogP contribution in [0.25, 0.3) is 0 Å². The van der Waals surface area contributed by atoms with Gasteiger partial charge >= 0.3 is 0 Å². The maximum Gasteiger partial charge on any atom is 0.0315 e. The topological polar surface area (TPSA) is 24.9 Å². The molecule has 4 bridgehead atoms. The summed E-state index contributed by atoms with van der Waals surface area (Å²) in [5.41, 5.74) is 1.33. The minimum absolute atomic E-state index is 0.441. The van der Waals surface area contributed by atoms with Gasteiger partial charge in [-0.15, -0.1) is 0 Å². The van der Waals surface area contributed by atoms with E-state index in [9.17, 15) is 0 Å². The molecule has 1 heterocycles. The standard InChI is InChI=1S/C17H24N2/c1-11(14-3-2-4-18-10-14)19-17-15-6-12-5-13(8-15)9-16(17)7-12/h2-4,10-13,15-17,19H,5-9H2,1H3/t11-,12?,13?,15?,16?,17?/m1/s1. The van der Waals surface area contributed by atoms with Gasteiger partial charge in [-0.2, -0.15) is 0 Å². The van der Waals surface area contributed by atoms with E-state index in [4.69, 9.17) is 0 Å². The molecule has 1 aromatic rings. The van der Waals surface area contributed by atoms with Gasteiger partial charge in [0.25, 0.3) is 0 Å². The van der Waals surface area contributed by atoms with E-state index in [1.54, 1.807) is 0 Å². The normalized spacial score (nSPS) is 41.4. The van der Waals surface area contributed by atoms with E-state index < -0.39 is 0 Å². The van der Waals surface area contributed by atoms with Gasteiger partial charge in [0.2, 0.25) is 0 Å². The van der Waals surface area contributed by atoms with Gasteiger partial charge < -0.3 is 5.32 Å². The van der Waals surface area contributed by atoms with E-state index in [1.165, 1.54) is 37.7 Å². The summed E-state index contributed by atoms with van der Waals surface area (Å²) in [4.78, 5) is 4.25. The first-order chi connectivity index (χ1) is 9.29. The molecule has 0 amide bonds. The van der Waals surface area contributed by atoms with Gasteiger partial charge in [-0.05, 0) is 74.3 Å². The maximum atomic E-state index is 4.25. The number of nitrogens with one attached hydrogen (secondary N) is 1. The fourth-order valence-electron chi connectivity index (χ4n) is 5.21. The van der Waals surface area contributed by atoms with Gasteiger partial charge in [-0.25, -0.2) is 0 Å². The zero-order chi connectivity index (χ0) is 12.8. The Morgan fingerprint density at radius 2 is 1.79 bits per heavy atom. The average molecular weight is 256 g/mol. The highest BCUT2D eigenvalue weighted by Crippen LogP contribution is 2.54. The van der Waals surface area contributed by atoms with Crippen molar-refractivity contribution in [3.8, 4) is 0 Å². The number of nitrogens with zero attached hydrogens (tertiary/aromatic N) is 1. The lowest BCUT2D eigenvalue weighted by Gasteiger charge is -2.55. The molecule has 4 saturated carbocycles. The van der Waals surface area contributed by atoms with Crippen LogP contribution in [0.3, 0.4) is 0 Å². The van der Waals surface area contributed by atoms with Gasteiger partial charge in [0.05, 0.1) is 0 Å². The van der Waals surface area contributed by atoms with Crippen LogP contribution in [0.2, 0.25) is 0 Å². The highest BCUT2D eigenvalue weighted by Gasteiger charge is 2.48. The third-order valence-electron chi connectivity index (χ3n) is 5.85. The zero-order valence-electron chi connectivity index (χ0n) is 11.8. The second-order valence-corrected chi connectivity index (χ2v) is 7.13. The van der Waals surface area contributed by atoms with Crippen LogP contribution in [0.1, 0.15) is 50.6 Å². The molecule has 4 aliphatic rings. The lowest BCUT2D eigenvalue weighted by atomic mass is 9.54. The van der Waals surface area contributed by atoms with E-state index >= 15 is 0 Å². The van der Waals surface area contributed by atoms with Crippen molar-refractivity contribution in [3.63, 3.8) is 0 Å². The van der Waals surface area contributed by atoms with Crippen LogP contribution in [0, 0.1) is 23.7 Å². The summed E-state index contributed by atoms with van der Waals surface area (Å²) in [6, 6.07) is 5.45. The molecule has 102 valence electrons. The molecule has 1 N–H and O–H groups in total. The Labute approximate surface area is 116 Å². The van der Waals surface area contributed by atoms with Crippen LogP contribution in [0.4, 0.5) is 0 Å². The Kier molecular flexibility index (Phi) is 2.87.